The molecule has 126 valence electrons. The van der Waals surface area contributed by atoms with Gasteiger partial charge in [0, 0.05) is 45.0 Å². The lowest BCUT2D eigenvalue weighted by atomic mass is 9.98. The second-order valence-corrected chi connectivity index (χ2v) is 6.31. The molecule has 1 amide bonds. The molecule has 1 fully saturated rings. The Bertz CT molecular complexity index is 701. The maximum Gasteiger partial charge on any atom is 0.227 e. The largest absolute Gasteiger partial charge is 0.341 e. The van der Waals surface area contributed by atoms with E-state index in [1.165, 1.54) is 0 Å². The van der Waals surface area contributed by atoms with Crippen molar-refractivity contribution in [3.05, 3.63) is 30.6 Å². The van der Waals surface area contributed by atoms with Gasteiger partial charge in [0.25, 0.3) is 0 Å². The topological polar surface area (TPSA) is 80.0 Å². The minimum Gasteiger partial charge on any atom is -0.341 e. The van der Waals surface area contributed by atoms with Crippen LogP contribution in [0.15, 0.2) is 24.8 Å². The zero-order valence-corrected chi connectivity index (χ0v) is 13.6. The Kier molecular flexibility index (Phi) is 4.10. The number of fused-ring (bicyclic) bond motifs is 1. The van der Waals surface area contributed by atoms with Crippen LogP contribution in [0.3, 0.4) is 0 Å². The highest BCUT2D eigenvalue weighted by Gasteiger charge is 2.30. The number of carbonyl (C=O) groups excluding carboxylic acids is 1. The lowest BCUT2D eigenvalue weighted by Gasteiger charge is -2.28. The molecule has 2 aromatic rings. The van der Waals surface area contributed by atoms with Gasteiger partial charge in [-0.1, -0.05) is 0 Å². The number of carbonyl (C=O) groups is 1. The van der Waals surface area contributed by atoms with E-state index in [9.17, 15) is 4.79 Å². The van der Waals surface area contributed by atoms with Crippen LogP contribution in [0.4, 0.5) is 5.95 Å². The molecule has 0 aliphatic carbocycles. The van der Waals surface area contributed by atoms with E-state index in [0.717, 1.165) is 57.2 Å². The van der Waals surface area contributed by atoms with Crippen LogP contribution in [-0.4, -0.2) is 61.7 Å². The predicted molar refractivity (Wildman–Crippen MR) is 87.3 cm³/mol. The van der Waals surface area contributed by atoms with Gasteiger partial charge >= 0.3 is 0 Å². The summed E-state index contributed by atoms with van der Waals surface area (Å²) in [7, 11) is 0. The molecule has 8 nitrogen and oxygen atoms in total. The van der Waals surface area contributed by atoms with Crippen LogP contribution < -0.4 is 4.90 Å². The first-order valence-corrected chi connectivity index (χ1v) is 8.49. The second-order valence-electron chi connectivity index (χ2n) is 6.31. The van der Waals surface area contributed by atoms with Gasteiger partial charge in [0.2, 0.25) is 11.9 Å². The lowest BCUT2D eigenvalue weighted by molar-refractivity contribution is -0.136. The summed E-state index contributed by atoms with van der Waals surface area (Å²) in [5, 5.41) is 4.21. The minimum absolute atomic E-state index is 0.0127. The number of anilines is 1. The monoisotopic (exact) mass is 327 g/mol. The van der Waals surface area contributed by atoms with Crippen LogP contribution in [-0.2, 0) is 17.8 Å². The highest BCUT2D eigenvalue weighted by Crippen LogP contribution is 2.21. The SMILES string of the molecule is O=C(C1CCc2ncnn2C1)N1CCCN(c2ncccn2)CC1. The Morgan fingerprint density at radius 2 is 1.96 bits per heavy atom. The number of aromatic nitrogens is 5. The summed E-state index contributed by atoms with van der Waals surface area (Å²) in [6.45, 7) is 3.82. The summed E-state index contributed by atoms with van der Waals surface area (Å²) in [5.74, 6) is 1.99. The molecule has 24 heavy (non-hydrogen) atoms. The molecule has 1 unspecified atom stereocenters. The van der Waals surface area contributed by atoms with Gasteiger partial charge in [0.1, 0.15) is 12.2 Å². The molecular formula is C16H21N7O. The van der Waals surface area contributed by atoms with Crippen LogP contribution in [0, 0.1) is 5.92 Å². The number of amides is 1. The Morgan fingerprint density at radius 1 is 1.08 bits per heavy atom. The molecule has 8 heteroatoms. The van der Waals surface area contributed by atoms with Crippen molar-refractivity contribution >= 4 is 11.9 Å². The molecule has 0 radical (unpaired) electrons. The summed E-state index contributed by atoms with van der Waals surface area (Å²) in [6.07, 6.45) is 7.71. The summed E-state index contributed by atoms with van der Waals surface area (Å²) in [5.41, 5.74) is 0. The molecule has 4 rings (SSSR count). The quantitative estimate of drug-likeness (QED) is 0.793. The zero-order chi connectivity index (χ0) is 16.4. The normalized spacial score (nSPS) is 21.2. The molecule has 4 heterocycles. The van der Waals surface area contributed by atoms with Crippen molar-refractivity contribution in [1.29, 1.82) is 0 Å². The zero-order valence-electron chi connectivity index (χ0n) is 13.6. The highest BCUT2D eigenvalue weighted by molar-refractivity contribution is 5.79. The van der Waals surface area contributed by atoms with Gasteiger partial charge in [0.05, 0.1) is 12.5 Å². The van der Waals surface area contributed by atoms with E-state index >= 15 is 0 Å². The summed E-state index contributed by atoms with van der Waals surface area (Å²) < 4.78 is 1.87. The Hall–Kier alpha value is -2.51. The fourth-order valence-corrected chi connectivity index (χ4v) is 3.49. The first-order valence-electron chi connectivity index (χ1n) is 8.49. The van der Waals surface area contributed by atoms with Crippen molar-refractivity contribution in [2.75, 3.05) is 31.1 Å². The third kappa shape index (κ3) is 2.95. The van der Waals surface area contributed by atoms with Gasteiger partial charge in [0.15, 0.2) is 0 Å². The van der Waals surface area contributed by atoms with Crippen LogP contribution in [0.2, 0.25) is 0 Å². The number of hydrogen-bond acceptors (Lipinski definition) is 6. The molecule has 2 aliphatic rings. The first kappa shape index (κ1) is 15.0. The van der Waals surface area contributed by atoms with Crippen molar-refractivity contribution < 1.29 is 4.79 Å². The van der Waals surface area contributed by atoms with Gasteiger partial charge < -0.3 is 9.80 Å². The molecule has 0 aromatic carbocycles. The van der Waals surface area contributed by atoms with Gasteiger partial charge in [-0.25, -0.2) is 19.6 Å². The molecule has 2 aliphatic heterocycles. The molecular weight excluding hydrogens is 306 g/mol. The fourth-order valence-electron chi connectivity index (χ4n) is 3.49. The molecule has 1 atom stereocenters. The molecule has 0 spiro atoms. The van der Waals surface area contributed by atoms with Gasteiger partial charge in [-0.3, -0.25) is 4.79 Å². The summed E-state index contributed by atoms with van der Waals surface area (Å²) >= 11 is 0. The van der Waals surface area contributed by atoms with Crippen molar-refractivity contribution in [3.8, 4) is 0 Å². The predicted octanol–water partition coefficient (Wildman–Crippen LogP) is 0.369. The van der Waals surface area contributed by atoms with Crippen LogP contribution in [0.1, 0.15) is 18.7 Å². The first-order chi connectivity index (χ1) is 11.8. The van der Waals surface area contributed by atoms with Gasteiger partial charge in [-0.2, -0.15) is 5.10 Å². The Labute approximate surface area is 140 Å². The fraction of sp³-hybridized carbons (Fsp3) is 0.562. The summed E-state index contributed by atoms with van der Waals surface area (Å²) in [6, 6.07) is 1.82. The average Bonchev–Trinajstić information content (AvgIpc) is 2.96. The van der Waals surface area contributed by atoms with Crippen molar-refractivity contribution in [3.63, 3.8) is 0 Å². The highest BCUT2D eigenvalue weighted by atomic mass is 16.2. The maximum atomic E-state index is 12.9. The van der Waals surface area contributed by atoms with Gasteiger partial charge in [-0.15, -0.1) is 0 Å². The maximum absolute atomic E-state index is 12.9. The standard InChI is InChI=1S/C16H21N7O/c24-15(13-3-4-14-19-12-20-23(14)11-13)21-7-2-8-22(10-9-21)16-17-5-1-6-18-16/h1,5-6,12-13H,2-4,7-11H2. The van der Waals surface area contributed by atoms with Gasteiger partial charge in [-0.05, 0) is 18.9 Å². The van der Waals surface area contributed by atoms with E-state index in [-0.39, 0.29) is 11.8 Å². The van der Waals surface area contributed by atoms with E-state index in [1.807, 2.05) is 15.6 Å². The Balaban J connectivity index is 1.39. The number of nitrogens with zero attached hydrogens (tertiary/aromatic N) is 7. The van der Waals surface area contributed by atoms with Crippen molar-refractivity contribution in [2.45, 2.75) is 25.8 Å². The summed E-state index contributed by atoms with van der Waals surface area (Å²) in [4.78, 5) is 29.9. The smallest absolute Gasteiger partial charge is 0.227 e. The number of aryl methyl sites for hydroxylation is 1. The number of rotatable bonds is 2. The second kappa shape index (κ2) is 6.54. The average molecular weight is 327 g/mol. The molecule has 0 bridgehead atoms. The van der Waals surface area contributed by atoms with E-state index in [4.69, 9.17) is 0 Å². The van der Waals surface area contributed by atoms with Crippen molar-refractivity contribution in [1.82, 2.24) is 29.6 Å². The minimum atomic E-state index is 0.0127. The molecule has 0 saturated carbocycles. The number of hydrogen-bond donors (Lipinski definition) is 0. The third-order valence-electron chi connectivity index (χ3n) is 4.80. The van der Waals surface area contributed by atoms with E-state index in [0.29, 0.717) is 6.54 Å². The van der Waals surface area contributed by atoms with E-state index in [2.05, 4.69) is 25.0 Å². The third-order valence-corrected chi connectivity index (χ3v) is 4.80. The van der Waals surface area contributed by atoms with Crippen LogP contribution in [0.25, 0.3) is 0 Å². The molecule has 2 aromatic heterocycles. The van der Waals surface area contributed by atoms with Crippen LogP contribution >= 0.6 is 0 Å². The lowest BCUT2D eigenvalue weighted by Crippen LogP contribution is -2.42. The Morgan fingerprint density at radius 3 is 2.83 bits per heavy atom. The van der Waals surface area contributed by atoms with E-state index < -0.39 is 0 Å². The van der Waals surface area contributed by atoms with Crippen molar-refractivity contribution in [2.24, 2.45) is 5.92 Å². The van der Waals surface area contributed by atoms with Crippen LogP contribution in [0.5, 0.6) is 0 Å². The van der Waals surface area contributed by atoms with E-state index in [1.54, 1.807) is 18.7 Å². The molecule has 1 saturated heterocycles. The molecule has 0 N–H and O–H groups in total.